The third-order valence-electron chi connectivity index (χ3n) is 1.84. The van der Waals surface area contributed by atoms with Crippen LogP contribution in [0.4, 0.5) is 13.2 Å². The maximum absolute atomic E-state index is 12.3. The van der Waals surface area contributed by atoms with Crippen LogP contribution in [0.15, 0.2) is 24.3 Å². The van der Waals surface area contributed by atoms with Crippen LogP contribution in [0.1, 0.15) is 15.9 Å². The Hall–Kier alpha value is -1.56. The van der Waals surface area contributed by atoms with Crippen molar-refractivity contribution in [3.63, 3.8) is 0 Å². The number of benzene rings is 1. The van der Waals surface area contributed by atoms with Crippen molar-refractivity contribution in [2.24, 2.45) is 0 Å². The van der Waals surface area contributed by atoms with Gasteiger partial charge in [0.1, 0.15) is 0 Å². The summed E-state index contributed by atoms with van der Waals surface area (Å²) < 4.78 is 36.9. The Kier molecular flexibility index (Phi) is 3.89. The largest absolute Gasteiger partial charge is 0.416 e. The number of hydrogen-bond acceptors (Lipinski definition) is 1. The maximum Gasteiger partial charge on any atom is 0.416 e. The third-order valence-corrected chi connectivity index (χ3v) is 1.84. The first-order chi connectivity index (χ1) is 7.45. The molecule has 1 aromatic rings. The Morgan fingerprint density at radius 2 is 2.00 bits per heavy atom. The van der Waals surface area contributed by atoms with Crippen molar-refractivity contribution in [1.29, 1.82) is 0 Å². The van der Waals surface area contributed by atoms with Crippen LogP contribution in [-0.4, -0.2) is 19.1 Å². The molecule has 0 bridgehead atoms. The minimum atomic E-state index is -4.48. The summed E-state index contributed by atoms with van der Waals surface area (Å²) in [7, 11) is 0. The van der Waals surface area contributed by atoms with Crippen molar-refractivity contribution < 1.29 is 23.1 Å². The summed E-state index contributed by atoms with van der Waals surface area (Å²) in [5.41, 5.74) is -0.995. The molecule has 0 saturated heterocycles. The first-order valence-corrected chi connectivity index (χ1v) is 4.48. The van der Waals surface area contributed by atoms with Crippen molar-refractivity contribution in [2.45, 2.75) is 6.18 Å². The van der Waals surface area contributed by atoms with E-state index in [1.54, 1.807) is 0 Å². The molecule has 1 radical (unpaired) electrons. The number of carbonyl (C=O) groups is 1. The number of hydrogen-bond donors (Lipinski definition) is 1. The van der Waals surface area contributed by atoms with Crippen molar-refractivity contribution in [3.8, 4) is 0 Å². The second kappa shape index (κ2) is 4.98. The monoisotopic (exact) mass is 232 g/mol. The van der Waals surface area contributed by atoms with Gasteiger partial charge in [-0.15, -0.1) is 0 Å². The molecule has 0 unspecified atom stereocenters. The molecule has 87 valence electrons. The van der Waals surface area contributed by atoms with Crippen molar-refractivity contribution in [3.05, 3.63) is 35.4 Å². The Balaban J connectivity index is 2.86. The Morgan fingerprint density at radius 3 is 2.56 bits per heavy atom. The highest BCUT2D eigenvalue weighted by Crippen LogP contribution is 2.29. The number of rotatable bonds is 3. The van der Waals surface area contributed by atoms with Gasteiger partial charge in [0, 0.05) is 12.1 Å². The van der Waals surface area contributed by atoms with E-state index in [1.807, 2.05) is 0 Å². The second-order valence-electron chi connectivity index (χ2n) is 3.04. The Bertz CT molecular complexity index is 377. The minimum absolute atomic E-state index is 0.102. The second-order valence-corrected chi connectivity index (χ2v) is 3.04. The number of nitrogens with one attached hydrogen (secondary N) is 1. The van der Waals surface area contributed by atoms with Crippen LogP contribution >= 0.6 is 0 Å². The summed E-state index contributed by atoms with van der Waals surface area (Å²) >= 11 is 0. The lowest BCUT2D eigenvalue weighted by Gasteiger charge is -2.08. The van der Waals surface area contributed by atoms with Crippen LogP contribution in [0.25, 0.3) is 0 Å². The molecule has 6 heteroatoms. The molecule has 0 fully saturated rings. The van der Waals surface area contributed by atoms with E-state index < -0.39 is 24.3 Å². The molecule has 1 aromatic carbocycles. The first-order valence-electron chi connectivity index (χ1n) is 4.48. The van der Waals surface area contributed by atoms with E-state index in [0.29, 0.717) is 0 Å². The van der Waals surface area contributed by atoms with Gasteiger partial charge in [-0.05, 0) is 18.2 Å². The molecule has 0 spiro atoms. The molecule has 0 atom stereocenters. The molecule has 0 aromatic heterocycles. The van der Waals surface area contributed by atoms with Crippen LogP contribution in [-0.2, 0) is 11.3 Å². The zero-order chi connectivity index (χ0) is 12.2. The van der Waals surface area contributed by atoms with Gasteiger partial charge in [-0.2, -0.15) is 13.2 Å². The highest BCUT2D eigenvalue weighted by Gasteiger charge is 2.30. The van der Waals surface area contributed by atoms with Gasteiger partial charge in [0.05, 0.1) is 12.2 Å². The minimum Gasteiger partial charge on any atom is -0.350 e. The van der Waals surface area contributed by atoms with E-state index in [9.17, 15) is 23.1 Å². The fraction of sp³-hybridized carbons (Fsp3) is 0.300. The third kappa shape index (κ3) is 3.23. The standard InChI is InChI=1S/C10H9F3NO2/c11-10(12,13)8-3-1-2-7(6-8)9(16)14-4-5-15/h1-3,6H,4-5H2,(H,14,16). The van der Waals surface area contributed by atoms with Crippen LogP contribution in [0.5, 0.6) is 0 Å². The quantitative estimate of drug-likeness (QED) is 0.849. The number of amides is 1. The normalized spacial score (nSPS) is 11.2. The molecule has 0 saturated carbocycles. The van der Waals surface area contributed by atoms with Crippen molar-refractivity contribution in [1.82, 2.24) is 5.32 Å². The van der Waals surface area contributed by atoms with Gasteiger partial charge in [-0.3, -0.25) is 4.79 Å². The lowest BCUT2D eigenvalue weighted by atomic mass is 10.1. The predicted octanol–water partition coefficient (Wildman–Crippen LogP) is 1.87. The zero-order valence-corrected chi connectivity index (χ0v) is 8.17. The summed E-state index contributed by atoms with van der Waals surface area (Å²) in [4.78, 5) is 11.3. The van der Waals surface area contributed by atoms with E-state index in [-0.39, 0.29) is 12.1 Å². The first kappa shape index (κ1) is 12.5. The summed E-state index contributed by atoms with van der Waals surface area (Å²) in [6.45, 7) is -0.611. The van der Waals surface area contributed by atoms with Gasteiger partial charge >= 0.3 is 6.18 Å². The van der Waals surface area contributed by atoms with Crippen molar-refractivity contribution in [2.75, 3.05) is 13.2 Å². The molecular formula is C10H9F3NO2. The molecule has 0 aliphatic heterocycles. The maximum atomic E-state index is 12.3. The molecule has 0 aliphatic rings. The van der Waals surface area contributed by atoms with Crippen LogP contribution in [0.3, 0.4) is 0 Å². The zero-order valence-electron chi connectivity index (χ0n) is 8.17. The topological polar surface area (TPSA) is 49.0 Å². The smallest absolute Gasteiger partial charge is 0.350 e. The number of alkyl halides is 3. The van der Waals surface area contributed by atoms with E-state index in [0.717, 1.165) is 18.2 Å². The average Bonchev–Trinajstić information content (AvgIpc) is 2.25. The van der Waals surface area contributed by atoms with Crippen LogP contribution in [0, 0.1) is 0 Å². The van der Waals surface area contributed by atoms with Crippen molar-refractivity contribution >= 4 is 5.91 Å². The fourth-order valence-electron chi connectivity index (χ4n) is 1.10. The molecular weight excluding hydrogens is 223 g/mol. The van der Waals surface area contributed by atoms with Crippen LogP contribution < -0.4 is 5.32 Å². The van der Waals surface area contributed by atoms with Gasteiger partial charge in [0.2, 0.25) is 0 Å². The fourth-order valence-corrected chi connectivity index (χ4v) is 1.10. The molecule has 0 heterocycles. The van der Waals surface area contributed by atoms with E-state index in [4.69, 9.17) is 0 Å². The Labute approximate surface area is 89.9 Å². The Morgan fingerprint density at radius 1 is 1.31 bits per heavy atom. The molecule has 1 amide bonds. The molecule has 3 nitrogen and oxygen atoms in total. The lowest BCUT2D eigenvalue weighted by molar-refractivity contribution is -0.137. The molecule has 1 N–H and O–H groups in total. The highest BCUT2D eigenvalue weighted by molar-refractivity contribution is 5.94. The van der Waals surface area contributed by atoms with Crippen LogP contribution in [0.2, 0.25) is 0 Å². The summed E-state index contributed by atoms with van der Waals surface area (Å²) in [6, 6.07) is 4.04. The predicted molar refractivity (Wildman–Crippen MR) is 49.3 cm³/mol. The van der Waals surface area contributed by atoms with Gasteiger partial charge in [-0.25, -0.2) is 5.11 Å². The number of carbonyl (C=O) groups excluding carboxylic acids is 1. The van der Waals surface area contributed by atoms with Gasteiger partial charge in [0.25, 0.3) is 5.91 Å². The van der Waals surface area contributed by atoms with E-state index in [2.05, 4.69) is 5.32 Å². The van der Waals surface area contributed by atoms with E-state index in [1.165, 1.54) is 6.07 Å². The summed E-state index contributed by atoms with van der Waals surface area (Å²) in [5.74, 6) is -0.679. The average molecular weight is 232 g/mol. The SMILES string of the molecule is [O]CCNC(=O)c1cccc(C(F)(F)F)c1. The van der Waals surface area contributed by atoms with Gasteiger partial charge < -0.3 is 5.32 Å². The molecule has 1 rings (SSSR count). The molecule has 16 heavy (non-hydrogen) atoms. The number of halogens is 3. The molecule has 0 aliphatic carbocycles. The lowest BCUT2D eigenvalue weighted by Crippen LogP contribution is -2.26. The van der Waals surface area contributed by atoms with Gasteiger partial charge in [0.15, 0.2) is 0 Å². The summed E-state index contributed by atoms with van der Waals surface area (Å²) in [6.07, 6.45) is -4.48. The highest BCUT2D eigenvalue weighted by atomic mass is 19.4. The summed E-state index contributed by atoms with van der Waals surface area (Å²) in [5, 5.41) is 12.3. The van der Waals surface area contributed by atoms with E-state index >= 15 is 0 Å². The van der Waals surface area contributed by atoms with Gasteiger partial charge in [-0.1, -0.05) is 6.07 Å².